The van der Waals surface area contributed by atoms with E-state index in [1.165, 1.54) is 6.07 Å². The van der Waals surface area contributed by atoms with E-state index in [1.807, 2.05) is 18.5 Å². The van der Waals surface area contributed by atoms with Crippen molar-refractivity contribution in [3.63, 3.8) is 0 Å². The average molecular weight is 314 g/mol. The topological polar surface area (TPSA) is 71.2 Å². The van der Waals surface area contributed by atoms with Crippen molar-refractivity contribution in [2.45, 2.75) is 38.6 Å². The van der Waals surface area contributed by atoms with Crippen molar-refractivity contribution in [1.29, 1.82) is 0 Å². The van der Waals surface area contributed by atoms with Gasteiger partial charge in [-0.05, 0) is 38.8 Å². The second-order valence-corrected chi connectivity index (χ2v) is 6.26. The Kier molecular flexibility index (Phi) is 4.32. The van der Waals surface area contributed by atoms with E-state index in [4.69, 9.17) is 5.11 Å². The first-order valence-electron chi connectivity index (χ1n) is 8.04. The molecule has 2 aromatic rings. The van der Waals surface area contributed by atoms with Gasteiger partial charge in [-0.15, -0.1) is 0 Å². The van der Waals surface area contributed by atoms with Crippen LogP contribution < -0.4 is 4.90 Å². The highest BCUT2D eigenvalue weighted by molar-refractivity contribution is 5.85. The van der Waals surface area contributed by atoms with Crippen LogP contribution in [0.3, 0.4) is 0 Å². The first kappa shape index (κ1) is 15.5. The zero-order valence-electron chi connectivity index (χ0n) is 13.5. The Morgan fingerprint density at radius 1 is 1.39 bits per heavy atom. The molecule has 6 heteroatoms. The number of imidazole rings is 1. The third-order valence-corrected chi connectivity index (χ3v) is 4.32. The maximum Gasteiger partial charge on any atom is 0.354 e. The molecule has 1 saturated heterocycles. The fraction of sp³-hybridized carbons (Fsp3) is 0.471. The third kappa shape index (κ3) is 3.21. The number of rotatable bonds is 4. The van der Waals surface area contributed by atoms with E-state index < -0.39 is 5.97 Å². The monoisotopic (exact) mass is 314 g/mol. The number of nitrogens with zero attached hydrogens (tertiary/aromatic N) is 4. The molecule has 0 saturated carbocycles. The number of hydrogen-bond acceptors (Lipinski definition) is 4. The summed E-state index contributed by atoms with van der Waals surface area (Å²) in [6, 6.07) is 5.55. The van der Waals surface area contributed by atoms with E-state index >= 15 is 0 Å². The van der Waals surface area contributed by atoms with Crippen LogP contribution in [-0.2, 0) is 0 Å². The lowest BCUT2D eigenvalue weighted by molar-refractivity contribution is 0.0690. The number of carboxylic acid groups (broad SMARTS) is 1. The second kappa shape index (κ2) is 6.40. The molecule has 3 heterocycles. The molecule has 1 aliphatic heterocycles. The summed E-state index contributed by atoms with van der Waals surface area (Å²) in [5.74, 6) is 1.20. The number of hydrogen-bond donors (Lipinski definition) is 1. The van der Waals surface area contributed by atoms with Crippen LogP contribution in [0.5, 0.6) is 0 Å². The number of aromatic nitrogens is 3. The Balaban J connectivity index is 1.82. The lowest BCUT2D eigenvalue weighted by atomic mass is 9.97. The van der Waals surface area contributed by atoms with E-state index in [-0.39, 0.29) is 5.69 Å². The summed E-state index contributed by atoms with van der Waals surface area (Å²) < 4.78 is 2.22. The SMILES string of the molecule is CC(C)n1ccnc1[C@H]1CCCN(c2cccc(C(=O)O)n2)C1. The standard InChI is InChI=1S/C17H22N4O2/c1-12(2)21-10-8-18-16(21)13-5-4-9-20(11-13)15-7-3-6-14(19-15)17(22)23/h3,6-8,10,12-13H,4-5,9,11H2,1-2H3,(H,22,23)/t13-/m0/s1. The summed E-state index contributed by atoms with van der Waals surface area (Å²) in [6.07, 6.45) is 6.04. The zero-order chi connectivity index (χ0) is 16.4. The predicted octanol–water partition coefficient (Wildman–Crippen LogP) is 2.94. The Morgan fingerprint density at radius 2 is 2.22 bits per heavy atom. The van der Waals surface area contributed by atoms with Crippen LogP contribution in [0.4, 0.5) is 5.82 Å². The van der Waals surface area contributed by atoms with Crippen LogP contribution >= 0.6 is 0 Å². The number of pyridine rings is 1. The van der Waals surface area contributed by atoms with Gasteiger partial charge in [0.15, 0.2) is 5.69 Å². The van der Waals surface area contributed by atoms with Gasteiger partial charge in [0.05, 0.1) is 0 Å². The largest absolute Gasteiger partial charge is 0.477 e. The molecule has 0 bridgehead atoms. The van der Waals surface area contributed by atoms with Crippen molar-refractivity contribution < 1.29 is 9.90 Å². The maximum atomic E-state index is 11.1. The van der Waals surface area contributed by atoms with Crippen LogP contribution in [0.1, 0.15) is 55.0 Å². The zero-order valence-corrected chi connectivity index (χ0v) is 13.5. The van der Waals surface area contributed by atoms with Gasteiger partial charge in [0, 0.05) is 37.4 Å². The summed E-state index contributed by atoms with van der Waals surface area (Å²) >= 11 is 0. The maximum absolute atomic E-state index is 11.1. The quantitative estimate of drug-likeness (QED) is 0.939. The number of anilines is 1. The Morgan fingerprint density at radius 3 is 2.96 bits per heavy atom. The summed E-state index contributed by atoms with van der Waals surface area (Å²) in [6.45, 7) is 6.03. The van der Waals surface area contributed by atoms with Gasteiger partial charge in [-0.25, -0.2) is 14.8 Å². The molecule has 0 aromatic carbocycles. The van der Waals surface area contributed by atoms with Gasteiger partial charge < -0.3 is 14.6 Å². The highest BCUT2D eigenvalue weighted by Crippen LogP contribution is 2.29. The molecule has 0 amide bonds. The summed E-state index contributed by atoms with van der Waals surface area (Å²) in [5, 5.41) is 9.11. The van der Waals surface area contributed by atoms with Gasteiger partial charge >= 0.3 is 5.97 Å². The first-order chi connectivity index (χ1) is 11.1. The highest BCUT2D eigenvalue weighted by Gasteiger charge is 2.26. The van der Waals surface area contributed by atoms with Crippen molar-refractivity contribution in [3.8, 4) is 0 Å². The van der Waals surface area contributed by atoms with Crippen molar-refractivity contribution in [2.24, 2.45) is 0 Å². The molecule has 6 nitrogen and oxygen atoms in total. The molecule has 1 atom stereocenters. The van der Waals surface area contributed by atoms with Crippen molar-refractivity contribution in [1.82, 2.24) is 14.5 Å². The Bertz CT molecular complexity index is 695. The minimum Gasteiger partial charge on any atom is -0.477 e. The van der Waals surface area contributed by atoms with Gasteiger partial charge in [0.25, 0.3) is 0 Å². The smallest absolute Gasteiger partial charge is 0.354 e. The molecule has 2 aromatic heterocycles. The highest BCUT2D eigenvalue weighted by atomic mass is 16.4. The van der Waals surface area contributed by atoms with E-state index in [0.29, 0.717) is 12.0 Å². The number of piperidine rings is 1. The van der Waals surface area contributed by atoms with E-state index in [0.717, 1.165) is 37.6 Å². The molecule has 0 radical (unpaired) electrons. The van der Waals surface area contributed by atoms with Gasteiger partial charge in [-0.1, -0.05) is 6.07 Å². The molecule has 0 aliphatic carbocycles. The van der Waals surface area contributed by atoms with Gasteiger partial charge in [-0.3, -0.25) is 0 Å². The first-order valence-corrected chi connectivity index (χ1v) is 8.04. The molecule has 0 unspecified atom stereocenters. The number of carboxylic acids is 1. The molecule has 122 valence electrons. The normalized spacial score (nSPS) is 18.4. The fourth-order valence-corrected chi connectivity index (χ4v) is 3.19. The summed E-state index contributed by atoms with van der Waals surface area (Å²) in [7, 11) is 0. The fourth-order valence-electron chi connectivity index (χ4n) is 3.19. The van der Waals surface area contributed by atoms with Crippen molar-refractivity contribution in [3.05, 3.63) is 42.1 Å². The van der Waals surface area contributed by atoms with Crippen LogP contribution in [-0.4, -0.2) is 38.7 Å². The van der Waals surface area contributed by atoms with Crippen LogP contribution in [0.25, 0.3) is 0 Å². The predicted molar refractivity (Wildman–Crippen MR) is 88.0 cm³/mol. The minimum atomic E-state index is -0.990. The molecule has 1 fully saturated rings. The number of aromatic carboxylic acids is 1. The van der Waals surface area contributed by atoms with E-state index in [9.17, 15) is 4.79 Å². The van der Waals surface area contributed by atoms with Crippen molar-refractivity contribution in [2.75, 3.05) is 18.0 Å². The minimum absolute atomic E-state index is 0.0910. The Hall–Kier alpha value is -2.37. The molecular formula is C17H22N4O2. The van der Waals surface area contributed by atoms with E-state index in [1.54, 1.807) is 6.07 Å². The molecule has 23 heavy (non-hydrogen) atoms. The number of carbonyl (C=O) groups is 1. The average Bonchev–Trinajstić information content (AvgIpc) is 3.05. The lowest BCUT2D eigenvalue weighted by Gasteiger charge is -2.34. The third-order valence-electron chi connectivity index (χ3n) is 4.32. The molecule has 1 aliphatic rings. The molecule has 3 rings (SSSR count). The van der Waals surface area contributed by atoms with Crippen LogP contribution in [0.15, 0.2) is 30.6 Å². The Labute approximate surface area is 135 Å². The summed E-state index contributed by atoms with van der Waals surface area (Å²) in [4.78, 5) is 22.1. The molecule has 1 N–H and O–H groups in total. The second-order valence-electron chi connectivity index (χ2n) is 6.26. The van der Waals surface area contributed by atoms with E-state index in [2.05, 4.69) is 33.3 Å². The molecule has 0 spiro atoms. The van der Waals surface area contributed by atoms with Crippen molar-refractivity contribution >= 4 is 11.8 Å². The van der Waals surface area contributed by atoms with Crippen LogP contribution in [0, 0.1) is 0 Å². The lowest BCUT2D eigenvalue weighted by Crippen LogP contribution is -2.36. The summed E-state index contributed by atoms with van der Waals surface area (Å²) in [5.41, 5.74) is 0.0910. The van der Waals surface area contributed by atoms with Gasteiger partial charge in [0.2, 0.25) is 0 Å². The van der Waals surface area contributed by atoms with Gasteiger partial charge in [0.1, 0.15) is 11.6 Å². The molecular weight excluding hydrogens is 292 g/mol. The van der Waals surface area contributed by atoms with Crippen LogP contribution in [0.2, 0.25) is 0 Å². The van der Waals surface area contributed by atoms with Gasteiger partial charge in [-0.2, -0.15) is 0 Å².